The van der Waals surface area contributed by atoms with Gasteiger partial charge in [0.1, 0.15) is 0 Å². The summed E-state index contributed by atoms with van der Waals surface area (Å²) in [5.74, 6) is -2.85. The van der Waals surface area contributed by atoms with Crippen molar-refractivity contribution in [2.75, 3.05) is 0 Å². The van der Waals surface area contributed by atoms with E-state index in [9.17, 15) is 19.8 Å². The molecule has 2 unspecified atom stereocenters. The van der Waals surface area contributed by atoms with Crippen LogP contribution >= 0.6 is 0 Å². The molecule has 2 N–H and O–H groups in total. The fraction of sp³-hybridized carbons (Fsp3) is 0.214. The molecule has 0 aliphatic carbocycles. The van der Waals surface area contributed by atoms with Gasteiger partial charge in [-0.2, -0.15) is 0 Å². The molecule has 0 aromatic carbocycles. The molecule has 10 nitrogen and oxygen atoms in total. The van der Waals surface area contributed by atoms with Crippen molar-refractivity contribution < 1.29 is 74.3 Å². The minimum atomic E-state index is -1.42. The molecule has 4 aromatic rings. The Hall–Kier alpha value is -2.87. The number of rotatable bonds is 9. The average molecular weight is 938 g/mol. The molecule has 0 saturated heterocycles. The van der Waals surface area contributed by atoms with Crippen LogP contribution < -0.4 is 22.6 Å². The van der Waals surface area contributed by atoms with Gasteiger partial charge in [-0.05, 0) is 48.5 Å². The molecule has 41 heavy (non-hydrogen) atoms. The molecule has 2 atom stereocenters. The number of hydrogen-bond acceptors (Lipinski definition) is 8. The van der Waals surface area contributed by atoms with Gasteiger partial charge in [-0.15, -0.1) is 0 Å². The topological polar surface area (TPSA) is 179 Å². The summed E-state index contributed by atoms with van der Waals surface area (Å²) >= 11 is 0. The van der Waals surface area contributed by atoms with Crippen LogP contribution in [-0.2, 0) is 51.7 Å². The van der Waals surface area contributed by atoms with E-state index in [4.69, 9.17) is 11.5 Å². The first-order chi connectivity index (χ1) is 18.4. The molecule has 4 aromatic heterocycles. The zero-order valence-corrected chi connectivity index (χ0v) is 27.0. The zero-order chi connectivity index (χ0) is 27.6. The molecule has 222 valence electrons. The van der Waals surface area contributed by atoms with Crippen LogP contribution in [0.2, 0.25) is 0 Å². The first-order valence-electron chi connectivity index (χ1n) is 11.9. The normalized spacial score (nSPS) is 10.7. The summed E-state index contributed by atoms with van der Waals surface area (Å²) in [5, 5.41) is 20.2. The molecular weight excluding hydrogens is 910 g/mol. The first kappa shape index (κ1) is 40.3. The van der Waals surface area contributed by atoms with E-state index in [1.165, 1.54) is 0 Å². The summed E-state index contributed by atoms with van der Waals surface area (Å²) in [6.07, 6.45) is 8.14. The predicted octanol–water partition coefficient (Wildman–Crippen LogP) is 0.174. The monoisotopic (exact) mass is 937 g/mol. The summed E-state index contributed by atoms with van der Waals surface area (Å²) in [5.41, 5.74) is 17.6. The Bertz CT molecular complexity index is 1050. The number of carbonyl (C=O) groups excluding carboxylic acids is 2. The molecule has 4 rings (SSSR count). The molecule has 0 radical (unpaired) electrons. The van der Waals surface area contributed by atoms with Gasteiger partial charge in [0.15, 0.2) is 0 Å². The maximum absolute atomic E-state index is 10.1. The second-order valence-electron chi connectivity index (χ2n) is 7.89. The minimum absolute atomic E-state index is 0. The summed E-state index contributed by atoms with van der Waals surface area (Å²) in [4.78, 5) is 36.9. The molecule has 4 heterocycles. The molecule has 0 fully saturated rings. The number of hydrogen-bond donors (Lipinski definition) is 0. The standard InChI is InChI=1S/2C10H8N2.C8H14N2O4.ClH.2Pt/c2*1-3-7-11-9(5-1)10-6-2-4-8-12-10;9-5(7(11)12)3-1-2-4-6(10)8(13)14;;;/h2*1-8H;5-6,9-10H,1-4H2,(H,11,12)(H,13,14);1H;;/q;;-2;;2*+2/p-3. The molecule has 0 saturated carbocycles. The van der Waals surface area contributed by atoms with Crippen molar-refractivity contribution in [2.45, 2.75) is 37.8 Å². The first-order valence-corrected chi connectivity index (χ1v) is 11.9. The number of nitrogens with zero attached hydrogens (tertiary/aromatic N) is 4. The summed E-state index contributed by atoms with van der Waals surface area (Å²) in [6.45, 7) is 0. The van der Waals surface area contributed by atoms with E-state index in [0.29, 0.717) is 12.8 Å². The summed E-state index contributed by atoms with van der Waals surface area (Å²) in [6, 6.07) is 20.7. The maximum Gasteiger partial charge on any atom is 2.00 e. The molecule has 0 aliphatic rings. The van der Waals surface area contributed by atoms with Crippen LogP contribution in [0.5, 0.6) is 0 Å². The fourth-order valence-corrected chi connectivity index (χ4v) is 2.99. The van der Waals surface area contributed by atoms with Crippen molar-refractivity contribution in [3.05, 3.63) is 109 Å². The molecule has 0 spiro atoms. The second-order valence-corrected chi connectivity index (χ2v) is 7.89. The molecule has 0 aliphatic heterocycles. The van der Waals surface area contributed by atoms with Crippen molar-refractivity contribution >= 4 is 11.9 Å². The van der Waals surface area contributed by atoms with Gasteiger partial charge >= 0.3 is 42.1 Å². The number of unbranched alkanes of at least 4 members (excludes halogenated alkanes) is 1. The van der Waals surface area contributed by atoms with Crippen LogP contribution in [0.3, 0.4) is 0 Å². The molecule has 13 heteroatoms. The van der Waals surface area contributed by atoms with Crippen molar-refractivity contribution in [1.29, 1.82) is 0 Å². The van der Waals surface area contributed by atoms with Crippen molar-refractivity contribution in [3.8, 4) is 22.8 Å². The number of aromatic nitrogens is 4. The number of pyridine rings is 4. The van der Waals surface area contributed by atoms with Crippen molar-refractivity contribution in [1.82, 2.24) is 19.9 Å². The van der Waals surface area contributed by atoms with E-state index >= 15 is 0 Å². The van der Waals surface area contributed by atoms with Crippen LogP contribution in [0.25, 0.3) is 34.2 Å². The number of carboxylic acids is 2. The van der Waals surface area contributed by atoms with E-state index in [2.05, 4.69) is 19.9 Å². The number of aliphatic carboxylic acids is 2. The van der Waals surface area contributed by atoms with Gasteiger partial charge in [0.2, 0.25) is 0 Å². The number of halogens is 1. The Kier molecular flexibility index (Phi) is 23.4. The minimum Gasteiger partial charge on any atom is -1.00 e. The Morgan fingerprint density at radius 3 is 0.976 bits per heavy atom. The largest absolute Gasteiger partial charge is 2.00 e. The van der Waals surface area contributed by atoms with E-state index in [1.54, 1.807) is 24.8 Å². The zero-order valence-electron chi connectivity index (χ0n) is 21.7. The van der Waals surface area contributed by atoms with E-state index < -0.39 is 24.0 Å². The fourth-order valence-electron chi connectivity index (χ4n) is 2.99. The van der Waals surface area contributed by atoms with Gasteiger partial charge in [-0.3, -0.25) is 19.9 Å². The second kappa shape index (κ2) is 23.8. The third-order valence-electron chi connectivity index (χ3n) is 4.99. The smallest absolute Gasteiger partial charge is 1.00 e. The van der Waals surface area contributed by atoms with Crippen molar-refractivity contribution in [2.24, 2.45) is 0 Å². The van der Waals surface area contributed by atoms with Crippen LogP contribution in [0.1, 0.15) is 25.7 Å². The molecular formula is C28H28ClN6O4Pt2-. The third-order valence-corrected chi connectivity index (χ3v) is 4.99. The van der Waals surface area contributed by atoms with Gasteiger partial charge in [0.05, 0.1) is 22.8 Å². The van der Waals surface area contributed by atoms with Crippen LogP contribution in [0.15, 0.2) is 97.6 Å². The SMILES string of the molecule is [Cl-].[NH-]C(CCCCC([NH-])C(=O)[O-])C(=O)[O-].[Pt+2].[Pt+2].c1ccc(-c2ccccn2)nc1.c1ccc(-c2ccccn2)nc1. The maximum atomic E-state index is 10.1. The Balaban J connectivity index is 0. The number of carboxylic acid groups (broad SMARTS) is 2. The predicted molar refractivity (Wildman–Crippen MR) is 140 cm³/mol. The van der Waals surface area contributed by atoms with Crippen LogP contribution in [-0.4, -0.2) is 44.0 Å². The van der Waals surface area contributed by atoms with Crippen LogP contribution in [0.4, 0.5) is 0 Å². The summed E-state index contributed by atoms with van der Waals surface area (Å²) < 4.78 is 0. The quantitative estimate of drug-likeness (QED) is 0.213. The Morgan fingerprint density at radius 2 is 0.805 bits per heavy atom. The van der Waals surface area contributed by atoms with Gasteiger partial charge in [-0.25, -0.2) is 0 Å². The van der Waals surface area contributed by atoms with E-state index in [-0.39, 0.29) is 67.4 Å². The van der Waals surface area contributed by atoms with E-state index in [0.717, 1.165) is 22.8 Å². The van der Waals surface area contributed by atoms with Gasteiger partial charge in [0.25, 0.3) is 0 Å². The number of nitrogens with one attached hydrogen (secondary N) is 2. The van der Waals surface area contributed by atoms with Gasteiger partial charge < -0.3 is 43.7 Å². The Labute approximate surface area is 274 Å². The molecule has 0 amide bonds. The third kappa shape index (κ3) is 16.9. The summed E-state index contributed by atoms with van der Waals surface area (Å²) in [7, 11) is 0. The van der Waals surface area contributed by atoms with Crippen LogP contribution in [0, 0.1) is 0 Å². The van der Waals surface area contributed by atoms with E-state index in [1.807, 2.05) is 72.8 Å². The Morgan fingerprint density at radius 1 is 0.561 bits per heavy atom. The number of carbonyl (C=O) groups is 2. The molecule has 0 bridgehead atoms. The van der Waals surface area contributed by atoms with Gasteiger partial charge in [0, 0.05) is 36.7 Å². The van der Waals surface area contributed by atoms with Gasteiger partial charge in [-0.1, -0.05) is 62.0 Å². The van der Waals surface area contributed by atoms with Crippen molar-refractivity contribution in [3.63, 3.8) is 0 Å². The average Bonchev–Trinajstić information content (AvgIpc) is 2.97.